The second kappa shape index (κ2) is 12.0. The first-order chi connectivity index (χ1) is 13.7. The minimum Gasteiger partial charge on any atom is -0.357 e. The van der Waals surface area contributed by atoms with Crippen LogP contribution in [-0.4, -0.2) is 46.9 Å². The molecule has 0 radical (unpaired) electrons. The quantitative estimate of drug-likeness (QED) is 0.247. The molecule has 3 heterocycles. The average Bonchev–Trinajstić information content (AvgIpc) is 3.33. The predicted octanol–water partition coefficient (Wildman–Crippen LogP) is 3.26. The topological polar surface area (TPSA) is 70.4 Å². The van der Waals surface area contributed by atoms with Gasteiger partial charge in [-0.05, 0) is 57.7 Å². The summed E-state index contributed by atoms with van der Waals surface area (Å²) in [5.74, 6) is 1.93. The molecule has 0 aromatic carbocycles. The van der Waals surface area contributed by atoms with Gasteiger partial charge in [-0.3, -0.25) is 4.68 Å². The Kier molecular flexibility index (Phi) is 9.69. The summed E-state index contributed by atoms with van der Waals surface area (Å²) in [5, 5.41) is 11.2. The smallest absolute Gasteiger partial charge is 0.191 e. The maximum atomic E-state index is 4.70. The zero-order valence-electron chi connectivity index (χ0n) is 17.8. The first-order valence-electron chi connectivity index (χ1n) is 10.4. The molecule has 0 unspecified atom stereocenters. The summed E-state index contributed by atoms with van der Waals surface area (Å²) < 4.78 is 2.06. The van der Waals surface area contributed by atoms with E-state index in [-0.39, 0.29) is 24.0 Å². The van der Waals surface area contributed by atoms with Gasteiger partial charge in [0.2, 0.25) is 0 Å². The molecular weight excluding hydrogens is 477 g/mol. The van der Waals surface area contributed by atoms with Gasteiger partial charge in [0.15, 0.2) is 5.96 Å². The van der Waals surface area contributed by atoms with E-state index in [1.807, 2.05) is 13.1 Å². The van der Waals surface area contributed by atoms with Crippen molar-refractivity contribution in [1.29, 1.82) is 0 Å². The third-order valence-corrected chi connectivity index (χ3v) is 4.95. The Labute approximate surface area is 191 Å². The minimum atomic E-state index is 0. The Balaban J connectivity index is 0.00000300. The lowest BCUT2D eigenvalue weighted by Crippen LogP contribution is -2.38. The molecule has 2 aromatic rings. The van der Waals surface area contributed by atoms with E-state index in [2.05, 4.69) is 62.3 Å². The van der Waals surface area contributed by atoms with Gasteiger partial charge in [0.05, 0.1) is 12.2 Å². The van der Waals surface area contributed by atoms with E-state index >= 15 is 0 Å². The van der Waals surface area contributed by atoms with Crippen LogP contribution in [0.25, 0.3) is 0 Å². The van der Waals surface area contributed by atoms with E-state index in [1.165, 1.54) is 18.5 Å². The van der Waals surface area contributed by atoms with Crippen molar-refractivity contribution in [2.75, 3.05) is 31.1 Å². The van der Waals surface area contributed by atoms with E-state index < -0.39 is 0 Å². The summed E-state index contributed by atoms with van der Waals surface area (Å²) in [6.45, 7) is 11.7. The third-order valence-electron chi connectivity index (χ3n) is 4.95. The summed E-state index contributed by atoms with van der Waals surface area (Å²) in [5.41, 5.74) is 3.41. The van der Waals surface area contributed by atoms with Crippen LogP contribution in [0.5, 0.6) is 0 Å². The maximum absolute atomic E-state index is 4.70. The Hall–Kier alpha value is -1.84. The molecule has 1 aliphatic heterocycles. The summed E-state index contributed by atoms with van der Waals surface area (Å²) >= 11 is 0. The van der Waals surface area contributed by atoms with Crippen LogP contribution in [0.1, 0.15) is 43.1 Å². The van der Waals surface area contributed by atoms with Crippen LogP contribution in [0, 0.1) is 13.8 Å². The largest absolute Gasteiger partial charge is 0.357 e. The number of hydrogen-bond donors (Lipinski definition) is 2. The highest BCUT2D eigenvalue weighted by atomic mass is 127. The van der Waals surface area contributed by atoms with E-state index in [1.54, 1.807) is 0 Å². The van der Waals surface area contributed by atoms with Crippen molar-refractivity contribution in [2.45, 2.75) is 53.1 Å². The number of aliphatic imine (C=N–C) groups is 1. The molecule has 0 bridgehead atoms. The van der Waals surface area contributed by atoms with E-state index in [9.17, 15) is 0 Å². The lowest BCUT2D eigenvalue weighted by molar-refractivity contribution is 0.555. The highest BCUT2D eigenvalue weighted by Crippen LogP contribution is 2.17. The summed E-state index contributed by atoms with van der Waals surface area (Å²) in [7, 11) is 0. The molecule has 1 saturated heterocycles. The van der Waals surface area contributed by atoms with Gasteiger partial charge in [-0.2, -0.15) is 5.10 Å². The van der Waals surface area contributed by atoms with Crippen molar-refractivity contribution in [2.24, 2.45) is 4.99 Å². The van der Waals surface area contributed by atoms with Crippen LogP contribution < -0.4 is 15.5 Å². The Morgan fingerprint density at radius 2 is 1.97 bits per heavy atom. The fourth-order valence-corrected chi connectivity index (χ4v) is 3.49. The average molecular weight is 511 g/mol. The van der Waals surface area contributed by atoms with Gasteiger partial charge in [0, 0.05) is 44.6 Å². The monoisotopic (exact) mass is 511 g/mol. The van der Waals surface area contributed by atoms with Gasteiger partial charge in [0.1, 0.15) is 5.82 Å². The van der Waals surface area contributed by atoms with Gasteiger partial charge in [-0.25, -0.2) is 9.98 Å². The first-order valence-corrected chi connectivity index (χ1v) is 10.4. The number of rotatable bonds is 8. The number of aryl methyl sites for hydroxylation is 3. The van der Waals surface area contributed by atoms with Gasteiger partial charge < -0.3 is 15.5 Å². The SMILES string of the molecule is CCNC(=NCc1ccc(N2CCCC2)nc1)NCCCn1nc(C)cc1C.I. The molecule has 160 valence electrons. The lowest BCUT2D eigenvalue weighted by atomic mass is 10.3. The molecule has 2 aromatic heterocycles. The zero-order valence-corrected chi connectivity index (χ0v) is 20.1. The van der Waals surface area contributed by atoms with Crippen LogP contribution in [-0.2, 0) is 13.1 Å². The molecule has 8 heteroatoms. The number of nitrogens with zero attached hydrogens (tertiary/aromatic N) is 5. The zero-order chi connectivity index (χ0) is 19.8. The lowest BCUT2D eigenvalue weighted by Gasteiger charge is -2.16. The van der Waals surface area contributed by atoms with Crippen molar-refractivity contribution in [3.05, 3.63) is 41.3 Å². The maximum Gasteiger partial charge on any atom is 0.191 e. The van der Waals surface area contributed by atoms with Crippen LogP contribution in [0.15, 0.2) is 29.4 Å². The van der Waals surface area contributed by atoms with Gasteiger partial charge in [0.25, 0.3) is 0 Å². The molecule has 0 atom stereocenters. The number of anilines is 1. The van der Waals surface area contributed by atoms with Crippen molar-refractivity contribution in [3.63, 3.8) is 0 Å². The number of pyridine rings is 1. The molecule has 0 spiro atoms. The number of halogens is 1. The van der Waals surface area contributed by atoms with Crippen LogP contribution in [0.4, 0.5) is 5.82 Å². The van der Waals surface area contributed by atoms with Crippen molar-refractivity contribution >= 4 is 35.8 Å². The molecule has 0 aliphatic carbocycles. The fraction of sp³-hybridized carbons (Fsp3) is 0.571. The fourth-order valence-electron chi connectivity index (χ4n) is 3.49. The van der Waals surface area contributed by atoms with E-state index in [4.69, 9.17) is 4.99 Å². The normalized spacial score (nSPS) is 14.0. The number of hydrogen-bond acceptors (Lipinski definition) is 4. The second-order valence-corrected chi connectivity index (χ2v) is 7.34. The van der Waals surface area contributed by atoms with E-state index in [0.29, 0.717) is 6.54 Å². The Morgan fingerprint density at radius 1 is 1.17 bits per heavy atom. The number of guanidine groups is 1. The molecule has 2 N–H and O–H groups in total. The third kappa shape index (κ3) is 7.17. The molecule has 29 heavy (non-hydrogen) atoms. The molecule has 3 rings (SSSR count). The van der Waals surface area contributed by atoms with Crippen molar-refractivity contribution in [3.8, 4) is 0 Å². The number of nitrogens with one attached hydrogen (secondary N) is 2. The van der Waals surface area contributed by atoms with Crippen molar-refractivity contribution < 1.29 is 0 Å². The molecule has 1 fully saturated rings. The van der Waals surface area contributed by atoms with Crippen LogP contribution >= 0.6 is 24.0 Å². The molecule has 0 saturated carbocycles. The second-order valence-electron chi connectivity index (χ2n) is 7.34. The summed E-state index contributed by atoms with van der Waals surface area (Å²) in [6, 6.07) is 6.36. The Bertz CT molecular complexity index is 764. The first kappa shape index (κ1) is 23.4. The molecule has 1 aliphatic rings. The standard InChI is InChI=1S/C21H33N7.HI/c1-4-22-21(23-10-7-13-28-18(3)14-17(2)26-28)25-16-19-8-9-20(24-15-19)27-11-5-6-12-27;/h8-9,14-15H,4-7,10-13,16H2,1-3H3,(H2,22,23,25);1H. The highest BCUT2D eigenvalue weighted by molar-refractivity contribution is 14.0. The van der Waals surface area contributed by atoms with Crippen molar-refractivity contribution in [1.82, 2.24) is 25.4 Å². The molecule has 0 amide bonds. The van der Waals surface area contributed by atoms with E-state index in [0.717, 1.165) is 62.2 Å². The molecular formula is C21H34IN7. The summed E-state index contributed by atoms with van der Waals surface area (Å²) in [6.07, 6.45) is 5.48. The number of aromatic nitrogens is 3. The van der Waals surface area contributed by atoms with Gasteiger partial charge in [-0.15, -0.1) is 24.0 Å². The predicted molar refractivity (Wildman–Crippen MR) is 130 cm³/mol. The minimum absolute atomic E-state index is 0. The molecule has 7 nitrogen and oxygen atoms in total. The van der Waals surface area contributed by atoms with Crippen LogP contribution in [0.3, 0.4) is 0 Å². The van der Waals surface area contributed by atoms with Crippen LogP contribution in [0.2, 0.25) is 0 Å². The van der Waals surface area contributed by atoms with Gasteiger partial charge >= 0.3 is 0 Å². The Morgan fingerprint density at radius 3 is 2.59 bits per heavy atom. The summed E-state index contributed by atoms with van der Waals surface area (Å²) in [4.78, 5) is 11.7. The highest BCUT2D eigenvalue weighted by Gasteiger charge is 2.12. The van der Waals surface area contributed by atoms with Gasteiger partial charge in [-0.1, -0.05) is 6.07 Å².